The molecule has 2 unspecified atom stereocenters. The molecule has 1 aliphatic rings. The summed E-state index contributed by atoms with van der Waals surface area (Å²) in [5, 5.41) is 6.43. The van der Waals surface area contributed by atoms with Gasteiger partial charge in [-0.15, -0.1) is 0 Å². The molecule has 1 amide bonds. The predicted octanol–water partition coefficient (Wildman–Crippen LogP) is 2.32. The van der Waals surface area contributed by atoms with Gasteiger partial charge < -0.3 is 10.6 Å². The van der Waals surface area contributed by atoms with E-state index in [-0.39, 0.29) is 23.3 Å². The van der Waals surface area contributed by atoms with E-state index in [2.05, 4.69) is 43.5 Å². The van der Waals surface area contributed by atoms with Crippen LogP contribution in [0.5, 0.6) is 0 Å². The average Bonchev–Trinajstić information content (AvgIpc) is 2.37. The fourth-order valence-electron chi connectivity index (χ4n) is 2.52. The Kier molecular flexibility index (Phi) is 4.48. The summed E-state index contributed by atoms with van der Waals surface area (Å²) >= 11 is 0. The maximum atomic E-state index is 12.3. The summed E-state index contributed by atoms with van der Waals surface area (Å²) in [6.07, 6.45) is 0. The molecule has 0 aliphatic carbocycles. The van der Waals surface area contributed by atoms with E-state index in [0.29, 0.717) is 5.92 Å². The standard InChI is InChI=1S/C17H26N2O/c1-12(14-10-18-11-14)16(20)19-13(2)17(3,4)15-8-6-5-7-9-15/h5-9,12-14,18H,10-11H2,1-4H3,(H,19,20). The normalized spacial score (nSPS) is 19.0. The van der Waals surface area contributed by atoms with Crippen molar-refractivity contribution in [3.8, 4) is 0 Å². The molecule has 20 heavy (non-hydrogen) atoms. The summed E-state index contributed by atoms with van der Waals surface area (Å²) in [7, 11) is 0. The molecule has 1 aliphatic heterocycles. The van der Waals surface area contributed by atoms with E-state index < -0.39 is 0 Å². The summed E-state index contributed by atoms with van der Waals surface area (Å²) in [6, 6.07) is 10.5. The van der Waals surface area contributed by atoms with E-state index in [1.54, 1.807) is 0 Å². The fourth-order valence-corrected chi connectivity index (χ4v) is 2.52. The molecule has 0 saturated carbocycles. The lowest BCUT2D eigenvalue weighted by Crippen LogP contribution is -2.53. The zero-order chi connectivity index (χ0) is 14.8. The molecule has 1 aromatic carbocycles. The van der Waals surface area contributed by atoms with Crippen molar-refractivity contribution in [3.63, 3.8) is 0 Å². The van der Waals surface area contributed by atoms with E-state index in [1.807, 2.05) is 25.1 Å². The van der Waals surface area contributed by atoms with Gasteiger partial charge in [0.25, 0.3) is 0 Å². The molecule has 0 spiro atoms. The van der Waals surface area contributed by atoms with Crippen LogP contribution in [0.4, 0.5) is 0 Å². The van der Waals surface area contributed by atoms with Gasteiger partial charge in [0.05, 0.1) is 0 Å². The number of nitrogens with one attached hydrogen (secondary N) is 2. The highest BCUT2D eigenvalue weighted by atomic mass is 16.1. The van der Waals surface area contributed by atoms with Gasteiger partial charge in [0.2, 0.25) is 5.91 Å². The van der Waals surface area contributed by atoms with E-state index >= 15 is 0 Å². The minimum Gasteiger partial charge on any atom is -0.353 e. The van der Waals surface area contributed by atoms with Crippen LogP contribution in [0, 0.1) is 11.8 Å². The van der Waals surface area contributed by atoms with Crippen LogP contribution in [0.2, 0.25) is 0 Å². The predicted molar refractivity (Wildman–Crippen MR) is 82.6 cm³/mol. The zero-order valence-corrected chi connectivity index (χ0v) is 12.9. The minimum absolute atomic E-state index is 0.0749. The summed E-state index contributed by atoms with van der Waals surface area (Å²) in [5.74, 6) is 0.750. The highest BCUT2D eigenvalue weighted by molar-refractivity contribution is 5.79. The molecule has 0 radical (unpaired) electrons. The first-order valence-corrected chi connectivity index (χ1v) is 7.49. The quantitative estimate of drug-likeness (QED) is 0.865. The summed E-state index contributed by atoms with van der Waals surface area (Å²) < 4.78 is 0. The van der Waals surface area contributed by atoms with Crippen LogP contribution in [0.1, 0.15) is 33.3 Å². The molecule has 0 aromatic heterocycles. The topological polar surface area (TPSA) is 41.1 Å². The fraction of sp³-hybridized carbons (Fsp3) is 0.588. The van der Waals surface area contributed by atoms with Crippen molar-refractivity contribution in [2.75, 3.05) is 13.1 Å². The Bertz CT molecular complexity index is 451. The van der Waals surface area contributed by atoms with E-state index in [9.17, 15) is 4.79 Å². The lowest BCUT2D eigenvalue weighted by Gasteiger charge is -2.36. The molecule has 3 heteroatoms. The number of carbonyl (C=O) groups excluding carboxylic acids is 1. The molecule has 1 fully saturated rings. The van der Waals surface area contributed by atoms with Crippen molar-refractivity contribution >= 4 is 5.91 Å². The maximum Gasteiger partial charge on any atom is 0.223 e. The second-order valence-electron chi connectivity index (χ2n) is 6.52. The minimum atomic E-state index is -0.0749. The third kappa shape index (κ3) is 3.04. The van der Waals surface area contributed by atoms with Crippen LogP contribution in [0.25, 0.3) is 0 Å². The summed E-state index contributed by atoms with van der Waals surface area (Å²) in [6.45, 7) is 10.4. The number of rotatable bonds is 5. The maximum absolute atomic E-state index is 12.3. The van der Waals surface area contributed by atoms with Gasteiger partial charge in [-0.05, 0) is 31.5 Å². The largest absolute Gasteiger partial charge is 0.353 e. The molecular weight excluding hydrogens is 248 g/mol. The number of amides is 1. The van der Waals surface area contributed by atoms with Gasteiger partial charge in [0, 0.05) is 17.4 Å². The highest BCUT2D eigenvalue weighted by Gasteiger charge is 2.33. The van der Waals surface area contributed by atoms with Crippen LogP contribution in [0.3, 0.4) is 0 Å². The Morgan fingerprint density at radius 1 is 1.25 bits per heavy atom. The molecule has 1 aromatic rings. The molecule has 2 atom stereocenters. The molecule has 0 bridgehead atoms. The van der Waals surface area contributed by atoms with Crippen LogP contribution in [0.15, 0.2) is 30.3 Å². The van der Waals surface area contributed by atoms with Crippen molar-refractivity contribution < 1.29 is 4.79 Å². The molecule has 1 heterocycles. The first-order valence-electron chi connectivity index (χ1n) is 7.49. The van der Waals surface area contributed by atoms with Crippen molar-refractivity contribution in [2.45, 2.75) is 39.2 Å². The van der Waals surface area contributed by atoms with Crippen molar-refractivity contribution in [2.24, 2.45) is 11.8 Å². The smallest absolute Gasteiger partial charge is 0.223 e. The molecule has 3 nitrogen and oxygen atoms in total. The SMILES string of the molecule is CC(C(=O)NC(C)C(C)(C)c1ccccc1)C1CNC1. The highest BCUT2D eigenvalue weighted by Crippen LogP contribution is 2.27. The van der Waals surface area contributed by atoms with Crippen molar-refractivity contribution in [3.05, 3.63) is 35.9 Å². The monoisotopic (exact) mass is 274 g/mol. The van der Waals surface area contributed by atoms with Gasteiger partial charge >= 0.3 is 0 Å². The van der Waals surface area contributed by atoms with Gasteiger partial charge in [-0.2, -0.15) is 0 Å². The first-order chi connectivity index (χ1) is 9.43. The number of hydrogen-bond donors (Lipinski definition) is 2. The van der Waals surface area contributed by atoms with Crippen molar-refractivity contribution in [1.29, 1.82) is 0 Å². The Hall–Kier alpha value is -1.35. The molecule has 110 valence electrons. The number of hydrogen-bond acceptors (Lipinski definition) is 2. The van der Waals surface area contributed by atoms with Crippen LogP contribution in [-0.4, -0.2) is 25.0 Å². The van der Waals surface area contributed by atoms with Crippen LogP contribution < -0.4 is 10.6 Å². The second-order valence-corrected chi connectivity index (χ2v) is 6.52. The second kappa shape index (κ2) is 5.96. The number of carbonyl (C=O) groups is 1. The summed E-state index contributed by atoms with van der Waals surface area (Å²) in [4.78, 5) is 12.3. The molecular formula is C17H26N2O. The van der Waals surface area contributed by atoms with Crippen LogP contribution >= 0.6 is 0 Å². The van der Waals surface area contributed by atoms with E-state index in [1.165, 1.54) is 5.56 Å². The Morgan fingerprint density at radius 2 is 1.85 bits per heavy atom. The summed E-state index contributed by atoms with van der Waals surface area (Å²) in [5.41, 5.74) is 1.18. The van der Waals surface area contributed by atoms with Gasteiger partial charge in [0.1, 0.15) is 0 Å². The van der Waals surface area contributed by atoms with E-state index in [4.69, 9.17) is 0 Å². The zero-order valence-electron chi connectivity index (χ0n) is 12.9. The Morgan fingerprint density at radius 3 is 2.35 bits per heavy atom. The molecule has 2 rings (SSSR count). The van der Waals surface area contributed by atoms with Gasteiger partial charge in [-0.25, -0.2) is 0 Å². The average molecular weight is 274 g/mol. The van der Waals surface area contributed by atoms with Gasteiger partial charge in [-0.3, -0.25) is 4.79 Å². The third-order valence-electron chi connectivity index (χ3n) is 4.89. The van der Waals surface area contributed by atoms with Gasteiger partial charge in [0.15, 0.2) is 0 Å². The van der Waals surface area contributed by atoms with E-state index in [0.717, 1.165) is 13.1 Å². The van der Waals surface area contributed by atoms with Gasteiger partial charge in [-0.1, -0.05) is 51.1 Å². The molecule has 2 N–H and O–H groups in total. The third-order valence-corrected chi connectivity index (χ3v) is 4.89. The van der Waals surface area contributed by atoms with Crippen LogP contribution in [-0.2, 0) is 10.2 Å². The van der Waals surface area contributed by atoms with Crippen molar-refractivity contribution in [1.82, 2.24) is 10.6 Å². The molecule has 1 saturated heterocycles. The lowest BCUT2D eigenvalue weighted by molar-refractivity contribution is -0.127. The number of benzene rings is 1. The lowest BCUT2D eigenvalue weighted by atomic mass is 9.78. The Balaban J connectivity index is 1.99. The first kappa shape index (κ1) is 15.0. The Labute approximate surface area is 122 Å².